The second-order valence-corrected chi connectivity index (χ2v) is 3.62. The van der Waals surface area contributed by atoms with Gasteiger partial charge in [-0.2, -0.15) is 10.1 Å². The molecule has 0 bridgehead atoms. The molecular weight excluding hydrogens is 223 g/mol. The molecule has 0 fully saturated rings. The fourth-order valence-electron chi connectivity index (χ4n) is 1.43. The summed E-state index contributed by atoms with van der Waals surface area (Å²) in [5, 5.41) is 6.91. The molecule has 2 aromatic rings. The van der Waals surface area contributed by atoms with Gasteiger partial charge in [0.2, 0.25) is 5.95 Å². The minimum Gasteiger partial charge on any atom is -0.368 e. The zero-order valence-electron chi connectivity index (χ0n) is 9.39. The van der Waals surface area contributed by atoms with E-state index in [1.807, 2.05) is 13.2 Å². The lowest BCUT2D eigenvalue weighted by Crippen LogP contribution is -2.09. The van der Waals surface area contributed by atoms with Crippen molar-refractivity contribution in [2.45, 2.75) is 6.42 Å². The Bertz CT molecular complexity index is 509. The standard InChI is InChI=1S/C10H13FN6/c1-17-6-7(4-15-17)2-3-13-9-8(11)5-14-10(12)16-9/h4-6H,2-3H2,1H3,(H3,12,13,14,16). The molecule has 0 saturated carbocycles. The Morgan fingerprint density at radius 1 is 1.47 bits per heavy atom. The molecule has 7 heteroatoms. The summed E-state index contributed by atoms with van der Waals surface area (Å²) >= 11 is 0. The van der Waals surface area contributed by atoms with Crippen LogP contribution >= 0.6 is 0 Å². The van der Waals surface area contributed by atoms with E-state index in [1.54, 1.807) is 10.9 Å². The topological polar surface area (TPSA) is 81.7 Å². The molecule has 17 heavy (non-hydrogen) atoms. The largest absolute Gasteiger partial charge is 0.368 e. The molecule has 0 unspecified atom stereocenters. The van der Waals surface area contributed by atoms with E-state index in [2.05, 4.69) is 20.4 Å². The third kappa shape index (κ3) is 2.90. The van der Waals surface area contributed by atoms with Crippen molar-refractivity contribution in [2.75, 3.05) is 17.6 Å². The average Bonchev–Trinajstić information content (AvgIpc) is 2.69. The van der Waals surface area contributed by atoms with Gasteiger partial charge in [-0.15, -0.1) is 0 Å². The molecule has 2 aromatic heterocycles. The number of nitrogens with two attached hydrogens (primary N) is 1. The quantitative estimate of drug-likeness (QED) is 0.811. The van der Waals surface area contributed by atoms with Crippen LogP contribution in [0.1, 0.15) is 5.56 Å². The second-order valence-electron chi connectivity index (χ2n) is 3.62. The third-order valence-corrected chi connectivity index (χ3v) is 2.23. The molecule has 90 valence electrons. The van der Waals surface area contributed by atoms with Crippen LogP contribution < -0.4 is 11.1 Å². The van der Waals surface area contributed by atoms with E-state index in [4.69, 9.17) is 5.73 Å². The fourth-order valence-corrected chi connectivity index (χ4v) is 1.43. The van der Waals surface area contributed by atoms with Crippen molar-refractivity contribution >= 4 is 11.8 Å². The highest BCUT2D eigenvalue weighted by atomic mass is 19.1. The van der Waals surface area contributed by atoms with Gasteiger partial charge >= 0.3 is 0 Å². The lowest BCUT2D eigenvalue weighted by molar-refractivity contribution is 0.617. The summed E-state index contributed by atoms with van der Waals surface area (Å²) in [5.74, 6) is -0.331. The summed E-state index contributed by atoms with van der Waals surface area (Å²) in [7, 11) is 1.85. The number of hydrogen-bond acceptors (Lipinski definition) is 5. The van der Waals surface area contributed by atoms with Crippen LogP contribution in [0, 0.1) is 5.82 Å². The van der Waals surface area contributed by atoms with Gasteiger partial charge in [-0.3, -0.25) is 4.68 Å². The van der Waals surface area contributed by atoms with Gasteiger partial charge < -0.3 is 11.1 Å². The highest BCUT2D eigenvalue weighted by molar-refractivity contribution is 5.39. The third-order valence-electron chi connectivity index (χ3n) is 2.23. The zero-order chi connectivity index (χ0) is 12.3. The molecule has 0 aromatic carbocycles. The summed E-state index contributed by atoms with van der Waals surface area (Å²) in [5.41, 5.74) is 6.44. The van der Waals surface area contributed by atoms with Crippen molar-refractivity contribution in [2.24, 2.45) is 7.05 Å². The Labute approximate surface area is 97.7 Å². The molecular formula is C10H13FN6. The smallest absolute Gasteiger partial charge is 0.222 e. The average molecular weight is 236 g/mol. The maximum absolute atomic E-state index is 13.2. The van der Waals surface area contributed by atoms with E-state index in [0.717, 1.165) is 18.2 Å². The van der Waals surface area contributed by atoms with Crippen LogP contribution in [0.15, 0.2) is 18.6 Å². The normalized spacial score (nSPS) is 10.5. The zero-order valence-corrected chi connectivity index (χ0v) is 9.39. The van der Waals surface area contributed by atoms with Gasteiger partial charge in [-0.1, -0.05) is 0 Å². The Morgan fingerprint density at radius 3 is 3.00 bits per heavy atom. The highest BCUT2D eigenvalue weighted by Gasteiger charge is 2.04. The van der Waals surface area contributed by atoms with Crippen molar-refractivity contribution in [3.05, 3.63) is 30.0 Å². The van der Waals surface area contributed by atoms with Gasteiger partial charge in [0, 0.05) is 19.8 Å². The predicted molar refractivity (Wildman–Crippen MR) is 61.8 cm³/mol. The van der Waals surface area contributed by atoms with Gasteiger partial charge in [0.15, 0.2) is 11.6 Å². The van der Waals surface area contributed by atoms with Gasteiger partial charge in [-0.25, -0.2) is 9.37 Å². The maximum atomic E-state index is 13.2. The first-order chi connectivity index (χ1) is 8.15. The number of aromatic nitrogens is 4. The van der Waals surface area contributed by atoms with Crippen LogP contribution in [-0.4, -0.2) is 26.3 Å². The molecule has 0 saturated heterocycles. The number of aryl methyl sites for hydroxylation is 1. The van der Waals surface area contributed by atoms with E-state index in [-0.39, 0.29) is 11.8 Å². The van der Waals surface area contributed by atoms with Crippen LogP contribution in [0.4, 0.5) is 16.2 Å². The van der Waals surface area contributed by atoms with Crippen LogP contribution in [0.3, 0.4) is 0 Å². The number of anilines is 2. The summed E-state index contributed by atoms with van der Waals surface area (Å²) in [6.07, 6.45) is 5.46. The molecule has 0 aliphatic heterocycles. The molecule has 3 N–H and O–H groups in total. The lowest BCUT2D eigenvalue weighted by Gasteiger charge is -2.05. The van der Waals surface area contributed by atoms with Crippen molar-refractivity contribution in [1.82, 2.24) is 19.7 Å². The van der Waals surface area contributed by atoms with Gasteiger partial charge in [-0.05, 0) is 12.0 Å². The molecule has 0 spiro atoms. The lowest BCUT2D eigenvalue weighted by atomic mass is 10.2. The summed E-state index contributed by atoms with van der Waals surface area (Å²) in [6.45, 7) is 0.555. The van der Waals surface area contributed by atoms with E-state index in [0.29, 0.717) is 6.54 Å². The van der Waals surface area contributed by atoms with E-state index < -0.39 is 5.82 Å². The minimum absolute atomic E-state index is 0.0512. The van der Waals surface area contributed by atoms with Crippen molar-refractivity contribution in [3.63, 3.8) is 0 Å². The first-order valence-corrected chi connectivity index (χ1v) is 5.14. The monoisotopic (exact) mass is 236 g/mol. The molecule has 0 aliphatic carbocycles. The van der Waals surface area contributed by atoms with Crippen molar-refractivity contribution in [1.29, 1.82) is 0 Å². The highest BCUT2D eigenvalue weighted by Crippen LogP contribution is 2.10. The Balaban J connectivity index is 1.91. The number of nitrogens with zero attached hydrogens (tertiary/aromatic N) is 4. The maximum Gasteiger partial charge on any atom is 0.222 e. The molecule has 2 rings (SSSR count). The number of nitrogens with one attached hydrogen (secondary N) is 1. The summed E-state index contributed by atoms with van der Waals surface area (Å²) < 4.78 is 15.0. The molecule has 2 heterocycles. The predicted octanol–water partition coefficient (Wildman–Crippen LogP) is 0.586. The SMILES string of the molecule is Cn1cc(CCNc2nc(N)ncc2F)cn1. The Kier molecular flexibility index (Phi) is 3.17. The summed E-state index contributed by atoms with van der Waals surface area (Å²) in [4.78, 5) is 7.32. The molecule has 0 radical (unpaired) electrons. The fraction of sp³-hybridized carbons (Fsp3) is 0.300. The summed E-state index contributed by atoms with van der Waals surface area (Å²) in [6, 6.07) is 0. The van der Waals surface area contributed by atoms with Gasteiger partial charge in [0.05, 0.1) is 12.4 Å². The van der Waals surface area contributed by atoms with Crippen molar-refractivity contribution < 1.29 is 4.39 Å². The van der Waals surface area contributed by atoms with Crippen LogP contribution in [-0.2, 0) is 13.5 Å². The van der Waals surface area contributed by atoms with E-state index in [1.165, 1.54) is 0 Å². The van der Waals surface area contributed by atoms with Gasteiger partial charge in [0.1, 0.15) is 0 Å². The van der Waals surface area contributed by atoms with Crippen LogP contribution in [0.25, 0.3) is 0 Å². The van der Waals surface area contributed by atoms with Crippen molar-refractivity contribution in [3.8, 4) is 0 Å². The Morgan fingerprint density at radius 2 is 2.29 bits per heavy atom. The van der Waals surface area contributed by atoms with E-state index >= 15 is 0 Å². The number of nitrogen functional groups attached to an aromatic ring is 1. The van der Waals surface area contributed by atoms with Gasteiger partial charge in [0.25, 0.3) is 0 Å². The number of halogens is 1. The van der Waals surface area contributed by atoms with E-state index in [9.17, 15) is 4.39 Å². The Hall–Kier alpha value is -2.18. The van der Waals surface area contributed by atoms with Crippen LogP contribution in [0.2, 0.25) is 0 Å². The molecule has 0 amide bonds. The minimum atomic E-state index is -0.509. The first-order valence-electron chi connectivity index (χ1n) is 5.14. The number of rotatable bonds is 4. The second kappa shape index (κ2) is 4.77. The first kappa shape index (κ1) is 11.3. The molecule has 0 aliphatic rings. The molecule has 6 nitrogen and oxygen atoms in total. The molecule has 0 atom stereocenters. The number of hydrogen-bond donors (Lipinski definition) is 2. The van der Waals surface area contributed by atoms with Crippen LogP contribution in [0.5, 0.6) is 0 Å².